The molecule has 0 aromatic carbocycles. The number of hydrogen-bond donors (Lipinski definition) is 0. The zero-order valence-electron chi connectivity index (χ0n) is 12.3. The molecule has 0 amide bonds. The zero-order valence-corrected chi connectivity index (χ0v) is 13.1. The summed E-state index contributed by atoms with van der Waals surface area (Å²) in [5.41, 5.74) is 0.693. The SMILES string of the molecule is CC1(C)OB(c2cn(CCCl)nc2CC#N)OC1(C)C. The second-order valence-electron chi connectivity index (χ2n) is 5.91. The number of nitrogens with zero attached hydrogens (tertiary/aromatic N) is 3. The third kappa shape index (κ3) is 2.71. The number of aryl methyl sites for hydroxylation is 1. The minimum atomic E-state index is -0.493. The molecular formula is C13H19BClN3O2. The van der Waals surface area contributed by atoms with E-state index in [9.17, 15) is 0 Å². The summed E-state index contributed by atoms with van der Waals surface area (Å²) in [7, 11) is -0.493. The van der Waals surface area contributed by atoms with Crippen molar-refractivity contribution in [2.45, 2.75) is 51.9 Å². The van der Waals surface area contributed by atoms with Crippen molar-refractivity contribution >= 4 is 24.2 Å². The van der Waals surface area contributed by atoms with Gasteiger partial charge in [0.2, 0.25) is 0 Å². The highest BCUT2D eigenvalue weighted by Crippen LogP contribution is 2.36. The number of rotatable bonds is 4. The monoisotopic (exact) mass is 295 g/mol. The van der Waals surface area contributed by atoms with Gasteiger partial charge in [-0.2, -0.15) is 10.4 Å². The van der Waals surface area contributed by atoms with Gasteiger partial charge in [0.05, 0.1) is 35.9 Å². The molecule has 0 aliphatic carbocycles. The van der Waals surface area contributed by atoms with Gasteiger partial charge in [-0.1, -0.05) is 0 Å². The summed E-state index contributed by atoms with van der Waals surface area (Å²) >= 11 is 5.74. The Morgan fingerprint density at radius 2 is 1.95 bits per heavy atom. The molecule has 2 rings (SSSR count). The first kappa shape index (κ1) is 15.4. The number of alkyl halides is 1. The van der Waals surface area contributed by atoms with Gasteiger partial charge in [0.25, 0.3) is 0 Å². The molecule has 1 aliphatic heterocycles. The summed E-state index contributed by atoms with van der Waals surface area (Å²) in [4.78, 5) is 0. The highest BCUT2D eigenvalue weighted by atomic mass is 35.5. The lowest BCUT2D eigenvalue weighted by molar-refractivity contribution is 0.00578. The Labute approximate surface area is 124 Å². The molecule has 0 unspecified atom stereocenters. The molecule has 2 heterocycles. The second kappa shape index (κ2) is 5.40. The van der Waals surface area contributed by atoms with Crippen molar-refractivity contribution in [1.82, 2.24) is 9.78 Å². The molecule has 0 N–H and O–H groups in total. The molecule has 7 heteroatoms. The summed E-state index contributed by atoms with van der Waals surface area (Å²) in [6.07, 6.45) is 2.09. The number of hydrogen-bond acceptors (Lipinski definition) is 4. The summed E-state index contributed by atoms with van der Waals surface area (Å²) in [5, 5.41) is 13.3. The molecule has 0 spiro atoms. The Balaban J connectivity index is 2.31. The van der Waals surface area contributed by atoms with Gasteiger partial charge in [-0.05, 0) is 27.7 Å². The van der Waals surface area contributed by atoms with Crippen LogP contribution in [0.4, 0.5) is 0 Å². The van der Waals surface area contributed by atoms with Crippen LogP contribution in [0.15, 0.2) is 6.20 Å². The largest absolute Gasteiger partial charge is 0.498 e. The van der Waals surface area contributed by atoms with Crippen LogP contribution in [-0.4, -0.2) is 34.0 Å². The quantitative estimate of drug-likeness (QED) is 0.624. The fraction of sp³-hybridized carbons (Fsp3) is 0.692. The number of nitriles is 1. The molecule has 1 aromatic rings. The third-order valence-electron chi connectivity index (χ3n) is 3.94. The van der Waals surface area contributed by atoms with E-state index in [1.807, 2.05) is 33.9 Å². The molecule has 1 aromatic heterocycles. The molecular weight excluding hydrogens is 276 g/mol. The van der Waals surface area contributed by atoms with E-state index < -0.39 is 18.3 Å². The Bertz CT molecular complexity index is 520. The fourth-order valence-electron chi connectivity index (χ4n) is 2.06. The molecule has 0 saturated carbocycles. The normalized spacial score (nSPS) is 20.1. The molecule has 5 nitrogen and oxygen atoms in total. The summed E-state index contributed by atoms with van der Waals surface area (Å²) in [5.74, 6) is 0.469. The minimum absolute atomic E-state index is 0.231. The van der Waals surface area contributed by atoms with Gasteiger partial charge < -0.3 is 9.31 Å². The van der Waals surface area contributed by atoms with Crippen LogP contribution in [0.3, 0.4) is 0 Å². The van der Waals surface area contributed by atoms with Gasteiger partial charge in [-0.15, -0.1) is 11.6 Å². The molecule has 0 radical (unpaired) electrons. The van der Waals surface area contributed by atoms with Crippen LogP contribution in [-0.2, 0) is 22.3 Å². The van der Waals surface area contributed by atoms with Crippen molar-refractivity contribution in [2.75, 3.05) is 5.88 Å². The maximum Gasteiger partial charge on any atom is 0.498 e. The average molecular weight is 296 g/mol. The molecule has 1 fully saturated rings. The van der Waals surface area contributed by atoms with Crippen molar-refractivity contribution in [3.8, 4) is 6.07 Å². The third-order valence-corrected chi connectivity index (χ3v) is 4.11. The first-order chi connectivity index (χ1) is 9.30. The first-order valence-corrected chi connectivity index (χ1v) is 7.19. The van der Waals surface area contributed by atoms with Gasteiger partial charge in [-0.25, -0.2) is 0 Å². The van der Waals surface area contributed by atoms with Crippen LogP contribution >= 0.6 is 11.6 Å². The van der Waals surface area contributed by atoms with E-state index in [1.54, 1.807) is 4.68 Å². The van der Waals surface area contributed by atoms with Gasteiger partial charge in [-0.3, -0.25) is 4.68 Å². The summed E-state index contributed by atoms with van der Waals surface area (Å²) in [6.45, 7) is 8.60. The maximum absolute atomic E-state index is 8.92. The van der Waals surface area contributed by atoms with Crippen molar-refractivity contribution in [3.05, 3.63) is 11.9 Å². The van der Waals surface area contributed by atoms with E-state index in [1.165, 1.54) is 0 Å². The van der Waals surface area contributed by atoms with Crippen molar-refractivity contribution in [1.29, 1.82) is 5.26 Å². The molecule has 20 heavy (non-hydrogen) atoms. The Hall–Kier alpha value is -1.03. The van der Waals surface area contributed by atoms with E-state index >= 15 is 0 Å². The maximum atomic E-state index is 8.92. The molecule has 108 valence electrons. The standard InChI is InChI=1S/C13H19BClN3O2/c1-12(2)13(3,4)20-14(19-12)10-9-18(8-6-15)17-11(10)5-7-16/h9H,5-6,8H2,1-4H3. The molecule has 0 bridgehead atoms. The van der Waals surface area contributed by atoms with E-state index in [0.29, 0.717) is 18.1 Å². The Morgan fingerprint density at radius 1 is 1.35 bits per heavy atom. The highest BCUT2D eigenvalue weighted by Gasteiger charge is 2.52. The van der Waals surface area contributed by atoms with Crippen LogP contribution in [0.1, 0.15) is 33.4 Å². The number of aromatic nitrogens is 2. The van der Waals surface area contributed by atoms with Gasteiger partial charge in [0.1, 0.15) is 0 Å². The molecule has 1 aliphatic rings. The summed E-state index contributed by atoms with van der Waals surface area (Å²) < 4.78 is 13.8. The highest BCUT2D eigenvalue weighted by molar-refractivity contribution is 6.62. The van der Waals surface area contributed by atoms with Crippen LogP contribution in [0.2, 0.25) is 0 Å². The van der Waals surface area contributed by atoms with Crippen LogP contribution in [0.5, 0.6) is 0 Å². The van der Waals surface area contributed by atoms with Gasteiger partial charge in [0.15, 0.2) is 0 Å². The first-order valence-electron chi connectivity index (χ1n) is 6.65. The fourth-order valence-corrected chi connectivity index (χ4v) is 2.23. The molecule has 1 saturated heterocycles. The smallest absolute Gasteiger partial charge is 0.399 e. The number of halogens is 1. The Kier molecular flexibility index (Phi) is 4.15. The summed E-state index contributed by atoms with van der Waals surface area (Å²) in [6, 6.07) is 2.12. The van der Waals surface area contributed by atoms with Crippen molar-refractivity contribution in [2.24, 2.45) is 0 Å². The van der Waals surface area contributed by atoms with Crippen molar-refractivity contribution < 1.29 is 9.31 Å². The lowest BCUT2D eigenvalue weighted by Crippen LogP contribution is -2.41. The van der Waals surface area contributed by atoms with Gasteiger partial charge in [0, 0.05) is 17.5 Å². The van der Waals surface area contributed by atoms with Gasteiger partial charge >= 0.3 is 7.12 Å². The minimum Gasteiger partial charge on any atom is -0.399 e. The zero-order chi connectivity index (χ0) is 15.0. The van der Waals surface area contributed by atoms with Crippen LogP contribution in [0, 0.1) is 11.3 Å². The van der Waals surface area contributed by atoms with E-state index in [2.05, 4.69) is 11.2 Å². The second-order valence-corrected chi connectivity index (χ2v) is 6.28. The lowest BCUT2D eigenvalue weighted by Gasteiger charge is -2.32. The van der Waals surface area contributed by atoms with E-state index in [-0.39, 0.29) is 6.42 Å². The predicted molar refractivity (Wildman–Crippen MR) is 78.0 cm³/mol. The molecule has 0 atom stereocenters. The predicted octanol–water partition coefficient (Wildman–Crippen LogP) is 1.49. The van der Waals surface area contributed by atoms with Crippen LogP contribution < -0.4 is 5.46 Å². The van der Waals surface area contributed by atoms with Crippen LogP contribution in [0.25, 0.3) is 0 Å². The Morgan fingerprint density at radius 3 is 2.45 bits per heavy atom. The van der Waals surface area contributed by atoms with E-state index in [0.717, 1.165) is 5.46 Å². The van der Waals surface area contributed by atoms with E-state index in [4.69, 9.17) is 26.2 Å². The topological polar surface area (TPSA) is 60.1 Å². The lowest BCUT2D eigenvalue weighted by atomic mass is 9.79. The van der Waals surface area contributed by atoms with Crippen molar-refractivity contribution in [3.63, 3.8) is 0 Å². The average Bonchev–Trinajstić information content (AvgIpc) is 2.80.